The Hall–Kier alpha value is -7.94. The van der Waals surface area contributed by atoms with Gasteiger partial charge in [-0.25, -0.2) is 0 Å². The first-order chi connectivity index (χ1) is 32.9. The van der Waals surface area contributed by atoms with Crippen LogP contribution in [0, 0.1) is 5.92 Å². The molecule has 4 aliphatic rings. The third-order valence-corrected chi connectivity index (χ3v) is 15.9. The van der Waals surface area contributed by atoms with Crippen LogP contribution in [0.1, 0.15) is 65.6 Å². The van der Waals surface area contributed by atoms with Crippen LogP contribution in [0.4, 0.5) is 17.1 Å². The molecule has 2 heteroatoms. The van der Waals surface area contributed by atoms with Gasteiger partial charge in [0.1, 0.15) is 0 Å². The van der Waals surface area contributed by atoms with Crippen molar-refractivity contribution in [1.82, 2.24) is 4.57 Å². The minimum atomic E-state index is -0.496. The van der Waals surface area contributed by atoms with Crippen molar-refractivity contribution in [3.05, 3.63) is 269 Å². The van der Waals surface area contributed by atoms with Gasteiger partial charge in [0, 0.05) is 39.0 Å². The number of nitrogens with zero attached hydrogens (tertiary/aromatic N) is 2. The minimum Gasteiger partial charge on any atom is -0.310 e. The van der Waals surface area contributed by atoms with Crippen molar-refractivity contribution < 1.29 is 0 Å². The van der Waals surface area contributed by atoms with Crippen molar-refractivity contribution >= 4 is 44.4 Å². The van der Waals surface area contributed by atoms with Gasteiger partial charge in [-0.1, -0.05) is 203 Å². The molecule has 0 fully saturated rings. The minimum absolute atomic E-state index is 0.116. The average molecular weight is 857 g/mol. The maximum Gasteiger partial charge on any atom is 0.0723 e. The van der Waals surface area contributed by atoms with Gasteiger partial charge >= 0.3 is 0 Å². The third kappa shape index (κ3) is 5.10. The number of aromatic nitrogens is 1. The Labute approximate surface area is 392 Å². The summed E-state index contributed by atoms with van der Waals surface area (Å²) in [5, 5.41) is 2.61. The molecule has 0 radical (unpaired) electrons. The number of allylic oxidation sites excluding steroid dienone is 4. The zero-order valence-corrected chi connectivity index (χ0v) is 37.9. The van der Waals surface area contributed by atoms with E-state index in [9.17, 15) is 0 Å². The van der Waals surface area contributed by atoms with E-state index in [0.29, 0.717) is 0 Å². The Balaban J connectivity index is 0.974. The van der Waals surface area contributed by atoms with Crippen molar-refractivity contribution in [1.29, 1.82) is 0 Å². The fourth-order valence-corrected chi connectivity index (χ4v) is 13.1. The standard InChI is InChI=1S/C65H48N2/c1-41-32-38-51-48-22-8-12-26-54(48)65(55-27-13-16-31-60(55)67-59-30-15-10-23-50(59)52-24-17-28-56(65)63(52)67)62(51)61(41)43-33-35-44(36-34-43)66(58-29-14-9-20-46(58)42-18-5-4-6-19-42)45-37-39-49-47-21-7-11-25-53(47)64(2,3)57(49)40-45/h4-41,61H,1-3H3. The highest BCUT2D eigenvalue weighted by Crippen LogP contribution is 2.65. The number of rotatable bonds is 5. The molecule has 1 spiro atoms. The van der Waals surface area contributed by atoms with Crippen molar-refractivity contribution in [3.8, 4) is 27.9 Å². The number of para-hydroxylation sites is 4. The highest BCUT2D eigenvalue weighted by atomic mass is 15.1. The second-order valence-electron chi connectivity index (χ2n) is 19.6. The predicted molar refractivity (Wildman–Crippen MR) is 279 cm³/mol. The molecule has 0 saturated carbocycles. The molecule has 0 saturated heterocycles. The lowest BCUT2D eigenvalue weighted by Gasteiger charge is -2.45. The van der Waals surface area contributed by atoms with Gasteiger partial charge in [0.15, 0.2) is 0 Å². The highest BCUT2D eigenvalue weighted by Gasteiger charge is 2.55. The van der Waals surface area contributed by atoms with Gasteiger partial charge in [0.25, 0.3) is 0 Å². The zero-order valence-electron chi connectivity index (χ0n) is 37.9. The van der Waals surface area contributed by atoms with Crippen LogP contribution in [0.3, 0.4) is 0 Å². The summed E-state index contributed by atoms with van der Waals surface area (Å²) in [6.07, 6.45) is 4.91. The lowest BCUT2D eigenvalue weighted by atomic mass is 9.59. The van der Waals surface area contributed by atoms with Crippen LogP contribution in [0.25, 0.3) is 55.3 Å². The smallest absolute Gasteiger partial charge is 0.0723 e. The SMILES string of the molecule is CC1C=CC2=C(C1c1ccc(N(c3ccc4c(c3)C(C)(C)c3ccccc3-4)c3ccccc3-c3ccccc3)cc1)C1(c3ccccc32)c2ccccc2-n2c3ccccc3c3cccc1c32. The molecular formula is C65H48N2. The van der Waals surface area contributed by atoms with Crippen LogP contribution in [0.2, 0.25) is 0 Å². The van der Waals surface area contributed by atoms with E-state index in [-0.39, 0.29) is 17.3 Å². The van der Waals surface area contributed by atoms with Crippen LogP contribution >= 0.6 is 0 Å². The molecule has 9 aromatic carbocycles. The molecule has 67 heavy (non-hydrogen) atoms. The van der Waals surface area contributed by atoms with E-state index < -0.39 is 5.41 Å². The Kier molecular flexibility index (Phi) is 8.03. The number of hydrogen-bond acceptors (Lipinski definition) is 1. The fraction of sp³-hybridized carbons (Fsp3) is 0.108. The molecule has 2 nitrogen and oxygen atoms in total. The fourth-order valence-electron chi connectivity index (χ4n) is 13.1. The highest BCUT2D eigenvalue weighted by molar-refractivity contribution is 6.13. The molecule has 2 heterocycles. The van der Waals surface area contributed by atoms with Crippen LogP contribution < -0.4 is 4.90 Å². The molecule has 0 N–H and O–H groups in total. The molecule has 0 amide bonds. The number of anilines is 3. The van der Waals surface area contributed by atoms with Crippen LogP contribution in [0.5, 0.6) is 0 Å². The van der Waals surface area contributed by atoms with Gasteiger partial charge in [0.2, 0.25) is 0 Å². The Morgan fingerprint density at radius 2 is 1.10 bits per heavy atom. The van der Waals surface area contributed by atoms with Crippen LogP contribution in [0.15, 0.2) is 230 Å². The lowest BCUT2D eigenvalue weighted by Crippen LogP contribution is -2.38. The summed E-state index contributed by atoms with van der Waals surface area (Å²) in [5.41, 5.74) is 24.1. The normalized spacial score (nSPS) is 19.0. The van der Waals surface area contributed by atoms with E-state index in [4.69, 9.17) is 0 Å². The van der Waals surface area contributed by atoms with Crippen molar-refractivity contribution in [2.75, 3.05) is 4.90 Å². The third-order valence-electron chi connectivity index (χ3n) is 15.9. The van der Waals surface area contributed by atoms with Crippen LogP contribution in [-0.4, -0.2) is 4.57 Å². The number of hydrogen-bond donors (Lipinski definition) is 0. The van der Waals surface area contributed by atoms with Gasteiger partial charge in [-0.15, -0.1) is 0 Å². The molecule has 14 rings (SSSR count). The maximum atomic E-state index is 2.55. The van der Waals surface area contributed by atoms with E-state index in [1.54, 1.807) is 0 Å². The molecule has 1 aliphatic heterocycles. The topological polar surface area (TPSA) is 8.17 Å². The van der Waals surface area contributed by atoms with Gasteiger partial charge < -0.3 is 9.47 Å². The van der Waals surface area contributed by atoms with E-state index in [2.05, 4.69) is 255 Å². The van der Waals surface area contributed by atoms with E-state index >= 15 is 0 Å². The molecule has 3 atom stereocenters. The summed E-state index contributed by atoms with van der Waals surface area (Å²) in [6, 6.07) is 80.0. The molecule has 318 valence electrons. The average Bonchev–Trinajstić information content (AvgIpc) is 3.96. The summed E-state index contributed by atoms with van der Waals surface area (Å²) in [5.74, 6) is 0.371. The van der Waals surface area contributed by atoms with Gasteiger partial charge in [-0.3, -0.25) is 0 Å². The van der Waals surface area contributed by atoms with Gasteiger partial charge in [-0.2, -0.15) is 0 Å². The molecule has 3 unspecified atom stereocenters. The molecule has 10 aromatic rings. The van der Waals surface area contributed by atoms with E-state index in [0.717, 1.165) is 17.1 Å². The van der Waals surface area contributed by atoms with Crippen molar-refractivity contribution in [2.45, 2.75) is 37.5 Å². The quantitative estimate of drug-likeness (QED) is 0.167. The Bertz CT molecular complexity index is 3750. The summed E-state index contributed by atoms with van der Waals surface area (Å²) in [6.45, 7) is 7.18. The zero-order chi connectivity index (χ0) is 44.6. The maximum absolute atomic E-state index is 2.55. The summed E-state index contributed by atoms with van der Waals surface area (Å²) >= 11 is 0. The Morgan fingerprint density at radius 3 is 1.94 bits per heavy atom. The monoisotopic (exact) mass is 856 g/mol. The number of fused-ring (bicyclic) bond motifs is 14. The number of benzene rings is 9. The van der Waals surface area contributed by atoms with Crippen molar-refractivity contribution in [2.24, 2.45) is 5.92 Å². The second kappa shape index (κ2) is 14.0. The van der Waals surface area contributed by atoms with E-state index in [1.165, 1.54) is 99.8 Å². The second-order valence-corrected chi connectivity index (χ2v) is 19.6. The molecular weight excluding hydrogens is 809 g/mol. The largest absolute Gasteiger partial charge is 0.310 e. The lowest BCUT2D eigenvalue weighted by molar-refractivity contribution is 0.546. The predicted octanol–water partition coefficient (Wildman–Crippen LogP) is 16.6. The van der Waals surface area contributed by atoms with Crippen molar-refractivity contribution in [3.63, 3.8) is 0 Å². The van der Waals surface area contributed by atoms with Gasteiger partial charge in [-0.05, 0) is 115 Å². The Morgan fingerprint density at radius 1 is 0.478 bits per heavy atom. The summed E-state index contributed by atoms with van der Waals surface area (Å²) in [4.78, 5) is 2.49. The van der Waals surface area contributed by atoms with Crippen LogP contribution in [-0.2, 0) is 10.8 Å². The first-order valence-electron chi connectivity index (χ1n) is 23.9. The first kappa shape index (κ1) is 38.3. The summed E-state index contributed by atoms with van der Waals surface area (Å²) < 4.78 is 2.55. The molecule has 0 bridgehead atoms. The first-order valence-corrected chi connectivity index (χ1v) is 23.9. The summed E-state index contributed by atoms with van der Waals surface area (Å²) in [7, 11) is 0. The van der Waals surface area contributed by atoms with Gasteiger partial charge in [0.05, 0.1) is 27.8 Å². The molecule has 3 aliphatic carbocycles. The molecule has 1 aromatic heterocycles. The van der Waals surface area contributed by atoms with E-state index in [1.807, 2.05) is 0 Å².